The lowest BCUT2D eigenvalue weighted by Crippen LogP contribution is -2.27. The molecule has 9 heteroatoms. The summed E-state index contributed by atoms with van der Waals surface area (Å²) in [5, 5.41) is 6.19. The zero-order chi connectivity index (χ0) is 18.6. The highest BCUT2D eigenvalue weighted by Crippen LogP contribution is 2.31. The van der Waals surface area contributed by atoms with Gasteiger partial charge in [0, 0.05) is 42.2 Å². The topological polar surface area (TPSA) is 59.1 Å². The molecule has 0 spiro atoms. The van der Waals surface area contributed by atoms with E-state index in [-0.39, 0.29) is 24.2 Å². The molecule has 0 bridgehead atoms. The van der Waals surface area contributed by atoms with Crippen LogP contribution in [0.15, 0.2) is 30.5 Å². The normalized spacial score (nSPS) is 17.5. The maximum absolute atomic E-state index is 13.4. The van der Waals surface area contributed by atoms with Crippen molar-refractivity contribution in [2.24, 2.45) is 0 Å². The average molecular weight is 387 g/mol. The fourth-order valence-electron chi connectivity index (χ4n) is 2.71. The van der Waals surface area contributed by atoms with E-state index < -0.39 is 11.9 Å². The molecule has 1 aliphatic rings. The Balaban J connectivity index is 1.72. The van der Waals surface area contributed by atoms with E-state index in [0.29, 0.717) is 23.9 Å². The van der Waals surface area contributed by atoms with Crippen LogP contribution >= 0.6 is 11.6 Å². The highest BCUT2D eigenvalue weighted by Gasteiger charge is 2.36. The van der Waals surface area contributed by atoms with Crippen LogP contribution in [0.3, 0.4) is 0 Å². The summed E-state index contributed by atoms with van der Waals surface area (Å²) in [6, 6.07) is 6.59. The van der Waals surface area contributed by atoms with E-state index in [1.54, 1.807) is 24.3 Å². The lowest BCUT2D eigenvalue weighted by Gasteiger charge is -2.15. The van der Waals surface area contributed by atoms with E-state index in [2.05, 4.69) is 20.6 Å². The second kappa shape index (κ2) is 8.20. The molecular weight excluding hydrogens is 369 g/mol. The fourth-order valence-corrected chi connectivity index (χ4v) is 2.90. The maximum atomic E-state index is 13.4. The number of alkyl halides is 3. The van der Waals surface area contributed by atoms with Crippen LogP contribution in [0.4, 0.5) is 24.8 Å². The zero-order valence-electron chi connectivity index (χ0n) is 13.8. The number of anilines is 2. The minimum atomic E-state index is -4.57. The van der Waals surface area contributed by atoms with Crippen molar-refractivity contribution in [1.29, 1.82) is 0 Å². The molecule has 26 heavy (non-hydrogen) atoms. The van der Waals surface area contributed by atoms with Crippen molar-refractivity contribution in [3.63, 3.8) is 0 Å². The standard InChI is InChI=1S/C17H18ClF3N4O/c18-12-3-1-4-13(7-12)24-16-23-9-11(15(25-16)17(19,20)21)8-22-10-14-5-2-6-26-14/h1,3-4,7,9,14,22H,2,5-6,8,10H2,(H,23,24,25). The van der Waals surface area contributed by atoms with Gasteiger partial charge in [-0.2, -0.15) is 13.2 Å². The number of aromatic nitrogens is 2. The van der Waals surface area contributed by atoms with Gasteiger partial charge >= 0.3 is 6.18 Å². The quantitative estimate of drug-likeness (QED) is 0.780. The first-order valence-electron chi connectivity index (χ1n) is 8.20. The largest absolute Gasteiger partial charge is 0.433 e. The zero-order valence-corrected chi connectivity index (χ0v) is 14.6. The number of benzene rings is 1. The Labute approximate surface area is 153 Å². The highest BCUT2D eigenvalue weighted by molar-refractivity contribution is 6.30. The Kier molecular flexibility index (Phi) is 5.95. The Morgan fingerprint density at radius 1 is 1.31 bits per heavy atom. The molecular formula is C17H18ClF3N4O. The number of nitrogens with one attached hydrogen (secondary N) is 2. The van der Waals surface area contributed by atoms with Gasteiger partial charge < -0.3 is 15.4 Å². The molecule has 1 unspecified atom stereocenters. The van der Waals surface area contributed by atoms with Gasteiger partial charge in [0.2, 0.25) is 5.95 Å². The Morgan fingerprint density at radius 2 is 2.15 bits per heavy atom. The molecule has 1 aliphatic heterocycles. The van der Waals surface area contributed by atoms with E-state index in [1.807, 2.05) is 0 Å². The third-order valence-corrected chi connectivity index (χ3v) is 4.16. The van der Waals surface area contributed by atoms with Gasteiger partial charge in [0.05, 0.1) is 6.10 Å². The number of hydrogen-bond donors (Lipinski definition) is 2. The molecule has 0 aliphatic carbocycles. The summed E-state index contributed by atoms with van der Waals surface area (Å²) in [5.41, 5.74) is -0.459. The smallest absolute Gasteiger partial charge is 0.377 e. The summed E-state index contributed by atoms with van der Waals surface area (Å²) >= 11 is 5.87. The van der Waals surface area contributed by atoms with Crippen molar-refractivity contribution in [2.45, 2.75) is 31.7 Å². The molecule has 2 aromatic rings. The predicted octanol–water partition coefficient (Wildman–Crippen LogP) is 4.16. The minimum absolute atomic E-state index is 0.00728. The molecule has 0 saturated carbocycles. The number of rotatable bonds is 6. The van der Waals surface area contributed by atoms with E-state index in [4.69, 9.17) is 16.3 Å². The van der Waals surface area contributed by atoms with Crippen LogP contribution in [0.1, 0.15) is 24.1 Å². The van der Waals surface area contributed by atoms with Gasteiger partial charge in [-0.1, -0.05) is 17.7 Å². The summed E-state index contributed by atoms with van der Waals surface area (Å²) in [6.45, 7) is 1.22. The second-order valence-corrected chi connectivity index (χ2v) is 6.40. The molecule has 0 amide bonds. The first kappa shape index (κ1) is 18.9. The third kappa shape index (κ3) is 5.06. The maximum Gasteiger partial charge on any atom is 0.433 e. The van der Waals surface area contributed by atoms with Gasteiger partial charge in [-0.25, -0.2) is 9.97 Å². The Morgan fingerprint density at radius 3 is 2.85 bits per heavy atom. The van der Waals surface area contributed by atoms with Gasteiger partial charge in [0.25, 0.3) is 0 Å². The SMILES string of the molecule is FC(F)(F)c1nc(Nc2cccc(Cl)c2)ncc1CNCC1CCCO1. The van der Waals surface area contributed by atoms with Gasteiger partial charge in [-0.3, -0.25) is 0 Å². The average Bonchev–Trinajstić information content (AvgIpc) is 3.08. The van der Waals surface area contributed by atoms with Gasteiger partial charge in [0.1, 0.15) is 0 Å². The Bertz CT molecular complexity index is 751. The first-order chi connectivity index (χ1) is 12.4. The molecule has 140 valence electrons. The van der Waals surface area contributed by atoms with E-state index in [1.165, 1.54) is 6.20 Å². The Hall–Kier alpha value is -1.90. The second-order valence-electron chi connectivity index (χ2n) is 5.97. The third-order valence-electron chi connectivity index (χ3n) is 3.93. The summed E-state index contributed by atoms with van der Waals surface area (Å²) in [5.74, 6) is -0.137. The number of ether oxygens (including phenoxy) is 1. The van der Waals surface area contributed by atoms with Crippen LogP contribution in [0, 0.1) is 0 Å². The highest BCUT2D eigenvalue weighted by atomic mass is 35.5. The van der Waals surface area contributed by atoms with Crippen LogP contribution in [-0.4, -0.2) is 29.2 Å². The van der Waals surface area contributed by atoms with Crippen molar-refractivity contribution in [1.82, 2.24) is 15.3 Å². The molecule has 2 N–H and O–H groups in total. The molecule has 1 aromatic carbocycles. The monoisotopic (exact) mass is 386 g/mol. The fraction of sp³-hybridized carbons (Fsp3) is 0.412. The molecule has 3 rings (SSSR count). The van der Waals surface area contributed by atoms with Crippen LogP contribution < -0.4 is 10.6 Å². The molecule has 0 radical (unpaired) electrons. The van der Waals surface area contributed by atoms with Crippen molar-refractivity contribution in [3.05, 3.63) is 46.7 Å². The van der Waals surface area contributed by atoms with Crippen molar-refractivity contribution in [2.75, 3.05) is 18.5 Å². The summed E-state index contributed by atoms with van der Waals surface area (Å²) < 4.78 is 45.6. The molecule has 1 saturated heterocycles. The van der Waals surface area contributed by atoms with E-state index in [0.717, 1.165) is 12.8 Å². The number of hydrogen-bond acceptors (Lipinski definition) is 5. The summed E-state index contributed by atoms with van der Waals surface area (Å²) in [6.07, 6.45) is -1.44. The van der Waals surface area contributed by atoms with Crippen molar-refractivity contribution >= 4 is 23.2 Å². The predicted molar refractivity (Wildman–Crippen MR) is 92.4 cm³/mol. The molecule has 2 heterocycles. The van der Waals surface area contributed by atoms with Crippen molar-refractivity contribution in [3.8, 4) is 0 Å². The van der Waals surface area contributed by atoms with Crippen LogP contribution in [-0.2, 0) is 17.5 Å². The molecule has 1 fully saturated rings. The van der Waals surface area contributed by atoms with Crippen LogP contribution in [0.25, 0.3) is 0 Å². The summed E-state index contributed by atoms with van der Waals surface area (Å²) in [7, 11) is 0. The molecule has 1 atom stereocenters. The minimum Gasteiger partial charge on any atom is -0.377 e. The van der Waals surface area contributed by atoms with Crippen LogP contribution in [0.2, 0.25) is 5.02 Å². The van der Waals surface area contributed by atoms with E-state index >= 15 is 0 Å². The van der Waals surface area contributed by atoms with Crippen molar-refractivity contribution < 1.29 is 17.9 Å². The lowest BCUT2D eigenvalue weighted by atomic mass is 10.2. The lowest BCUT2D eigenvalue weighted by molar-refractivity contribution is -0.141. The first-order valence-corrected chi connectivity index (χ1v) is 8.57. The van der Waals surface area contributed by atoms with E-state index in [9.17, 15) is 13.2 Å². The van der Waals surface area contributed by atoms with Gasteiger partial charge in [-0.15, -0.1) is 0 Å². The van der Waals surface area contributed by atoms with Gasteiger partial charge in [-0.05, 0) is 31.0 Å². The molecule has 5 nitrogen and oxygen atoms in total. The number of halogens is 4. The molecule has 1 aromatic heterocycles. The van der Waals surface area contributed by atoms with Crippen LogP contribution in [0.5, 0.6) is 0 Å². The summed E-state index contributed by atoms with van der Waals surface area (Å²) in [4.78, 5) is 7.65. The number of nitrogens with zero attached hydrogens (tertiary/aromatic N) is 2. The van der Waals surface area contributed by atoms with Gasteiger partial charge in [0.15, 0.2) is 5.69 Å².